The van der Waals surface area contributed by atoms with Gasteiger partial charge in [0.1, 0.15) is 11.5 Å². The minimum atomic E-state index is -4.46. The van der Waals surface area contributed by atoms with Crippen LogP contribution in [0.5, 0.6) is 11.5 Å². The summed E-state index contributed by atoms with van der Waals surface area (Å²) >= 11 is 0. The fraction of sp³-hybridized carbons (Fsp3) is 0.294. The van der Waals surface area contributed by atoms with Gasteiger partial charge < -0.3 is 14.8 Å². The number of carbonyl (C=O) groups excluding carboxylic acids is 1. The topological polar surface area (TPSA) is 60.5 Å². The highest BCUT2D eigenvalue weighted by molar-refractivity contribution is 5.77. The van der Waals surface area contributed by atoms with Crippen molar-refractivity contribution < 1.29 is 40.6 Å². The van der Waals surface area contributed by atoms with E-state index in [4.69, 9.17) is 4.74 Å². The maximum atomic E-state index is 12.4. The van der Waals surface area contributed by atoms with E-state index in [1.165, 1.54) is 12.1 Å². The van der Waals surface area contributed by atoms with Crippen LogP contribution >= 0.6 is 0 Å². The molecule has 28 heavy (non-hydrogen) atoms. The zero-order valence-corrected chi connectivity index (χ0v) is 14.1. The average Bonchev–Trinajstić information content (AvgIpc) is 2.63. The third-order valence-corrected chi connectivity index (χ3v) is 3.22. The fourth-order valence-corrected chi connectivity index (χ4v) is 1.90. The number of pyridine rings is 1. The van der Waals surface area contributed by atoms with Crippen LogP contribution < -0.4 is 14.8 Å². The van der Waals surface area contributed by atoms with Crippen molar-refractivity contribution >= 4 is 5.91 Å². The minimum Gasteiger partial charge on any atom is -0.484 e. The van der Waals surface area contributed by atoms with Crippen molar-refractivity contribution in [1.29, 1.82) is 0 Å². The van der Waals surface area contributed by atoms with Crippen LogP contribution in [0.15, 0.2) is 42.6 Å². The molecule has 2 rings (SSSR count). The minimum absolute atomic E-state index is 0.0191. The van der Waals surface area contributed by atoms with Crippen LogP contribution in [-0.2, 0) is 17.5 Å². The van der Waals surface area contributed by atoms with Crippen molar-refractivity contribution in [2.45, 2.75) is 18.9 Å². The predicted octanol–water partition coefficient (Wildman–Crippen LogP) is 3.74. The van der Waals surface area contributed by atoms with Gasteiger partial charge in [-0.05, 0) is 36.4 Å². The van der Waals surface area contributed by atoms with Crippen molar-refractivity contribution in [2.75, 3.05) is 13.2 Å². The van der Waals surface area contributed by atoms with Gasteiger partial charge in [-0.3, -0.25) is 9.78 Å². The molecular weight excluding hydrogens is 394 g/mol. The Morgan fingerprint density at radius 1 is 0.929 bits per heavy atom. The van der Waals surface area contributed by atoms with Gasteiger partial charge in [-0.15, -0.1) is 0 Å². The van der Waals surface area contributed by atoms with Crippen LogP contribution in [-0.4, -0.2) is 30.3 Å². The van der Waals surface area contributed by atoms with E-state index in [0.29, 0.717) is 5.69 Å². The SMILES string of the molecule is O=C(COc1ccc(C(F)(F)F)cc1)NCc1ccc(OCC(F)(F)F)cn1. The molecule has 0 aliphatic rings. The molecule has 0 atom stereocenters. The molecule has 0 radical (unpaired) electrons. The number of halogens is 6. The summed E-state index contributed by atoms with van der Waals surface area (Å²) < 4.78 is 83.1. The molecule has 0 aliphatic heterocycles. The molecule has 0 saturated carbocycles. The van der Waals surface area contributed by atoms with Crippen molar-refractivity contribution in [3.05, 3.63) is 53.9 Å². The number of hydrogen-bond acceptors (Lipinski definition) is 4. The first-order valence-electron chi connectivity index (χ1n) is 7.74. The van der Waals surface area contributed by atoms with Crippen LogP contribution in [0.4, 0.5) is 26.3 Å². The zero-order chi connectivity index (χ0) is 20.8. The van der Waals surface area contributed by atoms with Gasteiger partial charge >= 0.3 is 12.4 Å². The first-order valence-corrected chi connectivity index (χ1v) is 7.74. The summed E-state index contributed by atoms with van der Waals surface area (Å²) in [4.78, 5) is 15.5. The Morgan fingerprint density at radius 2 is 1.57 bits per heavy atom. The van der Waals surface area contributed by atoms with Gasteiger partial charge in [-0.1, -0.05) is 0 Å². The Hall–Kier alpha value is -2.98. The highest BCUT2D eigenvalue weighted by Gasteiger charge is 2.30. The van der Waals surface area contributed by atoms with Crippen molar-refractivity contribution in [3.63, 3.8) is 0 Å². The number of benzene rings is 1. The Kier molecular flexibility index (Phi) is 6.71. The van der Waals surface area contributed by atoms with E-state index in [2.05, 4.69) is 15.0 Å². The summed E-state index contributed by atoms with van der Waals surface area (Å²) in [7, 11) is 0. The lowest BCUT2D eigenvalue weighted by Gasteiger charge is -2.10. The smallest absolute Gasteiger partial charge is 0.422 e. The molecule has 1 heterocycles. The van der Waals surface area contributed by atoms with Gasteiger partial charge in [0.2, 0.25) is 0 Å². The van der Waals surface area contributed by atoms with Gasteiger partial charge in [0, 0.05) is 0 Å². The Morgan fingerprint density at radius 3 is 2.11 bits per heavy atom. The molecular formula is C17H14F6N2O3. The highest BCUT2D eigenvalue weighted by atomic mass is 19.4. The first kappa shape index (κ1) is 21.3. The largest absolute Gasteiger partial charge is 0.484 e. The molecule has 11 heteroatoms. The molecule has 1 N–H and O–H groups in total. The number of rotatable bonds is 7. The van der Waals surface area contributed by atoms with E-state index >= 15 is 0 Å². The van der Waals surface area contributed by atoms with Gasteiger partial charge in [0.15, 0.2) is 13.2 Å². The Balaban J connectivity index is 1.75. The van der Waals surface area contributed by atoms with Crippen LogP contribution in [0.2, 0.25) is 0 Å². The molecule has 0 unspecified atom stereocenters. The number of amides is 1. The summed E-state index contributed by atoms with van der Waals surface area (Å²) in [6.07, 6.45) is -7.83. The number of nitrogens with zero attached hydrogens (tertiary/aromatic N) is 1. The first-order chi connectivity index (χ1) is 13.0. The number of nitrogens with one attached hydrogen (secondary N) is 1. The van der Waals surface area contributed by atoms with Crippen molar-refractivity contribution in [3.8, 4) is 11.5 Å². The molecule has 1 aromatic carbocycles. The maximum absolute atomic E-state index is 12.4. The molecule has 2 aromatic rings. The lowest BCUT2D eigenvalue weighted by atomic mass is 10.2. The van der Waals surface area contributed by atoms with E-state index < -0.39 is 37.0 Å². The molecule has 0 saturated heterocycles. The van der Waals surface area contributed by atoms with Gasteiger partial charge in [-0.25, -0.2) is 0 Å². The van der Waals surface area contributed by atoms with E-state index in [-0.39, 0.29) is 18.0 Å². The third kappa shape index (κ3) is 7.33. The monoisotopic (exact) mass is 408 g/mol. The number of aromatic nitrogens is 1. The van der Waals surface area contributed by atoms with Gasteiger partial charge in [0.25, 0.3) is 5.91 Å². The van der Waals surface area contributed by atoms with Crippen LogP contribution in [0.25, 0.3) is 0 Å². The number of carbonyl (C=O) groups is 1. The second-order valence-electron chi connectivity index (χ2n) is 5.48. The molecule has 0 bridgehead atoms. The lowest BCUT2D eigenvalue weighted by Crippen LogP contribution is -2.28. The number of alkyl halides is 6. The Bertz CT molecular complexity index is 773. The van der Waals surface area contributed by atoms with Crippen molar-refractivity contribution in [1.82, 2.24) is 10.3 Å². The zero-order valence-electron chi connectivity index (χ0n) is 14.1. The standard InChI is InChI=1S/C17H14F6N2O3/c18-16(19,20)10-28-14-6-3-12(24-8-14)7-25-15(26)9-27-13-4-1-11(2-5-13)17(21,22)23/h1-6,8H,7,9-10H2,(H,25,26). The summed E-state index contributed by atoms with van der Waals surface area (Å²) in [5.74, 6) is -0.537. The lowest BCUT2D eigenvalue weighted by molar-refractivity contribution is -0.153. The summed E-state index contributed by atoms with van der Waals surface area (Å²) in [5.41, 5.74) is -0.472. The van der Waals surface area contributed by atoms with Crippen LogP contribution in [0.1, 0.15) is 11.3 Å². The van der Waals surface area contributed by atoms with Crippen LogP contribution in [0.3, 0.4) is 0 Å². The number of ether oxygens (including phenoxy) is 2. The van der Waals surface area contributed by atoms with E-state index in [0.717, 1.165) is 30.5 Å². The Labute approximate surface area is 155 Å². The highest BCUT2D eigenvalue weighted by Crippen LogP contribution is 2.30. The van der Waals surface area contributed by atoms with E-state index in [1.807, 2.05) is 0 Å². The normalized spacial score (nSPS) is 11.8. The van der Waals surface area contributed by atoms with Crippen LogP contribution in [0, 0.1) is 0 Å². The molecule has 0 fully saturated rings. The molecule has 0 spiro atoms. The molecule has 1 amide bonds. The maximum Gasteiger partial charge on any atom is 0.422 e. The quantitative estimate of drug-likeness (QED) is 0.710. The molecule has 1 aromatic heterocycles. The summed E-state index contributed by atoms with van der Waals surface area (Å²) in [5, 5.41) is 2.45. The predicted molar refractivity (Wildman–Crippen MR) is 84.6 cm³/mol. The van der Waals surface area contributed by atoms with Gasteiger partial charge in [0.05, 0.1) is 24.0 Å². The molecule has 5 nitrogen and oxygen atoms in total. The molecule has 0 aliphatic carbocycles. The number of hydrogen-bond donors (Lipinski definition) is 1. The second kappa shape index (κ2) is 8.81. The summed E-state index contributed by atoms with van der Waals surface area (Å²) in [6.45, 7) is -1.89. The second-order valence-corrected chi connectivity index (χ2v) is 5.48. The fourth-order valence-electron chi connectivity index (χ4n) is 1.90. The molecule has 152 valence electrons. The summed E-state index contributed by atoms with van der Waals surface area (Å²) in [6, 6.07) is 6.51. The van der Waals surface area contributed by atoms with E-state index in [1.54, 1.807) is 0 Å². The van der Waals surface area contributed by atoms with Gasteiger partial charge in [-0.2, -0.15) is 26.3 Å². The van der Waals surface area contributed by atoms with Crippen molar-refractivity contribution in [2.24, 2.45) is 0 Å². The average molecular weight is 408 g/mol. The third-order valence-electron chi connectivity index (χ3n) is 3.22. The van der Waals surface area contributed by atoms with E-state index in [9.17, 15) is 31.1 Å².